The van der Waals surface area contributed by atoms with Crippen molar-refractivity contribution < 1.29 is 4.79 Å². The van der Waals surface area contributed by atoms with Crippen molar-refractivity contribution in [3.63, 3.8) is 0 Å². The fraction of sp³-hybridized carbons (Fsp3) is 0.227. The number of fused-ring (bicyclic) bond motifs is 1. The minimum absolute atomic E-state index is 0.0440. The maximum Gasteiger partial charge on any atom is 0.256 e. The van der Waals surface area contributed by atoms with Crippen molar-refractivity contribution in [2.24, 2.45) is 0 Å². The van der Waals surface area contributed by atoms with Gasteiger partial charge >= 0.3 is 0 Å². The lowest BCUT2D eigenvalue weighted by Gasteiger charge is -2.22. The van der Waals surface area contributed by atoms with E-state index in [1.807, 2.05) is 65.7 Å². The van der Waals surface area contributed by atoms with Crippen LogP contribution in [0.5, 0.6) is 0 Å². The molecule has 1 saturated heterocycles. The van der Waals surface area contributed by atoms with Gasteiger partial charge in [0.2, 0.25) is 5.95 Å². The maximum absolute atomic E-state index is 13.3. The standard InChI is InChI=1S/C22H22N6O/c29-21(17-7-1-4-10-20(17)28-14-5-11-23-28)26-12-6-13-27(16-15-26)22-24-18-8-2-3-9-19(18)25-22/h1-5,7-11,14H,6,12-13,15-16H2,(H,24,25). The van der Waals surface area contributed by atoms with Crippen molar-refractivity contribution >= 4 is 22.9 Å². The van der Waals surface area contributed by atoms with Crippen molar-refractivity contribution in [3.8, 4) is 5.69 Å². The third-order valence-corrected chi connectivity index (χ3v) is 5.35. The van der Waals surface area contributed by atoms with E-state index in [0.29, 0.717) is 12.1 Å². The van der Waals surface area contributed by atoms with E-state index in [9.17, 15) is 4.79 Å². The number of nitrogens with zero attached hydrogens (tertiary/aromatic N) is 5. The number of imidazole rings is 1. The molecule has 0 radical (unpaired) electrons. The number of aromatic nitrogens is 4. The molecule has 29 heavy (non-hydrogen) atoms. The second-order valence-corrected chi connectivity index (χ2v) is 7.18. The van der Waals surface area contributed by atoms with E-state index in [1.54, 1.807) is 10.9 Å². The molecule has 0 saturated carbocycles. The minimum atomic E-state index is 0.0440. The summed E-state index contributed by atoms with van der Waals surface area (Å²) in [5.41, 5.74) is 3.48. The van der Waals surface area contributed by atoms with Crippen LogP contribution < -0.4 is 4.90 Å². The van der Waals surface area contributed by atoms with Crippen molar-refractivity contribution in [2.75, 3.05) is 31.1 Å². The minimum Gasteiger partial charge on any atom is -0.341 e. The third-order valence-electron chi connectivity index (χ3n) is 5.35. The van der Waals surface area contributed by atoms with E-state index in [4.69, 9.17) is 4.98 Å². The molecule has 1 N–H and O–H groups in total. The van der Waals surface area contributed by atoms with Gasteiger partial charge < -0.3 is 14.8 Å². The lowest BCUT2D eigenvalue weighted by Crippen LogP contribution is -2.36. The van der Waals surface area contributed by atoms with Crippen LogP contribution in [0.3, 0.4) is 0 Å². The molecule has 1 amide bonds. The molecule has 7 nitrogen and oxygen atoms in total. The number of nitrogens with one attached hydrogen (secondary N) is 1. The molecular weight excluding hydrogens is 364 g/mol. The number of hydrogen-bond donors (Lipinski definition) is 1. The molecule has 3 heterocycles. The van der Waals surface area contributed by atoms with Crippen LogP contribution in [0.1, 0.15) is 16.8 Å². The summed E-state index contributed by atoms with van der Waals surface area (Å²) in [4.78, 5) is 25.6. The Hall–Kier alpha value is -3.61. The van der Waals surface area contributed by atoms with Gasteiger partial charge in [0.15, 0.2) is 0 Å². The van der Waals surface area contributed by atoms with Crippen molar-refractivity contribution in [1.82, 2.24) is 24.6 Å². The molecule has 5 rings (SSSR count). The van der Waals surface area contributed by atoms with Gasteiger partial charge in [0, 0.05) is 38.6 Å². The van der Waals surface area contributed by atoms with E-state index < -0.39 is 0 Å². The van der Waals surface area contributed by atoms with Crippen molar-refractivity contribution in [3.05, 3.63) is 72.6 Å². The molecule has 1 aliphatic rings. The van der Waals surface area contributed by atoms with E-state index in [0.717, 1.165) is 48.7 Å². The number of rotatable bonds is 3. The molecule has 4 aromatic rings. The molecular formula is C22H22N6O. The molecule has 0 unspecified atom stereocenters. The third kappa shape index (κ3) is 3.35. The van der Waals surface area contributed by atoms with E-state index in [2.05, 4.69) is 15.0 Å². The van der Waals surface area contributed by atoms with Gasteiger partial charge in [0.05, 0.1) is 22.3 Å². The molecule has 146 valence electrons. The predicted octanol–water partition coefficient (Wildman–Crippen LogP) is 3.10. The van der Waals surface area contributed by atoms with Crippen LogP contribution >= 0.6 is 0 Å². The molecule has 0 atom stereocenters. The van der Waals surface area contributed by atoms with E-state index in [1.165, 1.54) is 0 Å². The Bertz CT molecular complexity index is 1100. The Morgan fingerprint density at radius 2 is 1.79 bits per heavy atom. The number of carbonyl (C=O) groups is 1. The normalized spacial score (nSPS) is 14.9. The average molecular weight is 386 g/mol. The summed E-state index contributed by atoms with van der Waals surface area (Å²) < 4.78 is 1.74. The highest BCUT2D eigenvalue weighted by molar-refractivity contribution is 5.97. The molecule has 1 aliphatic heterocycles. The number of carbonyl (C=O) groups excluding carboxylic acids is 1. The first kappa shape index (κ1) is 17.5. The van der Waals surface area contributed by atoms with Gasteiger partial charge in [-0.2, -0.15) is 5.10 Å². The predicted molar refractivity (Wildman–Crippen MR) is 112 cm³/mol. The van der Waals surface area contributed by atoms with Crippen LogP contribution in [0, 0.1) is 0 Å². The second-order valence-electron chi connectivity index (χ2n) is 7.18. The van der Waals surface area contributed by atoms with Crippen LogP contribution in [-0.4, -0.2) is 56.7 Å². The monoisotopic (exact) mass is 386 g/mol. The number of aromatic amines is 1. The van der Waals surface area contributed by atoms with Gasteiger partial charge in [-0.25, -0.2) is 9.67 Å². The number of hydrogen-bond acceptors (Lipinski definition) is 4. The smallest absolute Gasteiger partial charge is 0.256 e. The molecule has 0 aliphatic carbocycles. The zero-order chi connectivity index (χ0) is 19.6. The Morgan fingerprint density at radius 3 is 2.66 bits per heavy atom. The highest BCUT2D eigenvalue weighted by Crippen LogP contribution is 2.20. The first-order valence-electron chi connectivity index (χ1n) is 9.87. The summed E-state index contributed by atoms with van der Waals surface area (Å²) in [5, 5.41) is 4.29. The summed E-state index contributed by atoms with van der Waals surface area (Å²) in [6.45, 7) is 2.99. The van der Waals surface area contributed by atoms with Gasteiger partial charge in [0.25, 0.3) is 5.91 Å². The van der Waals surface area contributed by atoms with Crippen LogP contribution in [0.25, 0.3) is 16.7 Å². The fourth-order valence-corrected chi connectivity index (χ4v) is 3.86. The summed E-state index contributed by atoms with van der Waals surface area (Å²) in [6.07, 6.45) is 4.48. The molecule has 1 fully saturated rings. The van der Waals surface area contributed by atoms with Crippen molar-refractivity contribution in [2.45, 2.75) is 6.42 Å². The summed E-state index contributed by atoms with van der Waals surface area (Å²) in [7, 11) is 0. The highest BCUT2D eigenvalue weighted by atomic mass is 16.2. The Labute approximate surface area is 168 Å². The van der Waals surface area contributed by atoms with Gasteiger partial charge in [-0.1, -0.05) is 24.3 Å². The quantitative estimate of drug-likeness (QED) is 0.587. The summed E-state index contributed by atoms with van der Waals surface area (Å²) in [5.74, 6) is 0.917. The van der Waals surface area contributed by atoms with Crippen LogP contribution in [0.2, 0.25) is 0 Å². The van der Waals surface area contributed by atoms with Gasteiger partial charge in [0.1, 0.15) is 0 Å². The fourth-order valence-electron chi connectivity index (χ4n) is 3.86. The Balaban J connectivity index is 1.35. The number of amides is 1. The first-order chi connectivity index (χ1) is 14.3. The van der Waals surface area contributed by atoms with E-state index in [-0.39, 0.29) is 5.91 Å². The van der Waals surface area contributed by atoms with Crippen LogP contribution in [0.4, 0.5) is 5.95 Å². The molecule has 2 aromatic heterocycles. The number of benzene rings is 2. The Kier molecular flexibility index (Phi) is 4.48. The largest absolute Gasteiger partial charge is 0.341 e. The van der Waals surface area contributed by atoms with Crippen LogP contribution in [0.15, 0.2) is 67.0 Å². The van der Waals surface area contributed by atoms with Crippen LogP contribution in [-0.2, 0) is 0 Å². The average Bonchev–Trinajstić information content (AvgIpc) is 3.38. The molecule has 7 heteroatoms. The van der Waals surface area contributed by atoms with E-state index >= 15 is 0 Å². The lowest BCUT2D eigenvalue weighted by atomic mass is 10.1. The Morgan fingerprint density at radius 1 is 0.931 bits per heavy atom. The van der Waals surface area contributed by atoms with Gasteiger partial charge in [-0.05, 0) is 36.8 Å². The number of H-pyrrole nitrogens is 1. The maximum atomic E-state index is 13.3. The SMILES string of the molecule is O=C(c1ccccc1-n1cccn1)N1CCCN(c2nc3ccccc3[nH]2)CC1. The zero-order valence-corrected chi connectivity index (χ0v) is 16.0. The van der Waals surface area contributed by atoms with Crippen molar-refractivity contribution in [1.29, 1.82) is 0 Å². The second kappa shape index (κ2) is 7.43. The lowest BCUT2D eigenvalue weighted by molar-refractivity contribution is 0.0767. The molecule has 2 aromatic carbocycles. The number of para-hydroxylation sites is 3. The van der Waals surface area contributed by atoms with Gasteiger partial charge in [-0.3, -0.25) is 4.79 Å². The molecule has 0 bridgehead atoms. The first-order valence-corrected chi connectivity index (χ1v) is 9.87. The van der Waals surface area contributed by atoms with Gasteiger partial charge in [-0.15, -0.1) is 0 Å². The molecule has 0 spiro atoms. The topological polar surface area (TPSA) is 70.1 Å². The zero-order valence-electron chi connectivity index (χ0n) is 16.0. The highest BCUT2D eigenvalue weighted by Gasteiger charge is 2.23. The summed E-state index contributed by atoms with van der Waals surface area (Å²) in [6, 6.07) is 17.5. The summed E-state index contributed by atoms with van der Waals surface area (Å²) >= 11 is 0. The number of anilines is 1.